The molecule has 0 N–H and O–H groups in total. The lowest BCUT2D eigenvalue weighted by atomic mass is 10.0. The summed E-state index contributed by atoms with van der Waals surface area (Å²) in [5.41, 5.74) is -0.120. The van der Waals surface area contributed by atoms with Crippen LogP contribution in [-0.2, 0) is 0 Å². The van der Waals surface area contributed by atoms with Gasteiger partial charge in [0.05, 0.1) is 12.7 Å². The molecule has 2 aromatic carbocycles. The van der Waals surface area contributed by atoms with E-state index in [1.807, 2.05) is 0 Å². The van der Waals surface area contributed by atoms with E-state index in [4.69, 9.17) is 4.74 Å². The van der Waals surface area contributed by atoms with Crippen LogP contribution >= 0.6 is 0 Å². The van der Waals surface area contributed by atoms with Crippen molar-refractivity contribution in [2.75, 3.05) is 7.11 Å². The first kappa shape index (κ1) is 11.5. The van der Waals surface area contributed by atoms with Crippen LogP contribution in [0.15, 0.2) is 30.3 Å². The van der Waals surface area contributed by atoms with Gasteiger partial charge in [-0.1, -0.05) is 18.2 Å². The molecular formula is C13H8F3O. The largest absolute Gasteiger partial charge is 0.495 e. The lowest BCUT2D eigenvalue weighted by Crippen LogP contribution is -1.95. The summed E-state index contributed by atoms with van der Waals surface area (Å²) in [6.07, 6.45) is 0. The maximum Gasteiger partial charge on any atom is 0.137 e. The predicted octanol–water partition coefficient (Wildman–Crippen LogP) is 3.58. The quantitative estimate of drug-likeness (QED) is 0.775. The Hall–Kier alpha value is -1.97. The van der Waals surface area contributed by atoms with E-state index >= 15 is 0 Å². The van der Waals surface area contributed by atoms with Crippen molar-refractivity contribution >= 4 is 0 Å². The molecule has 0 aliphatic rings. The van der Waals surface area contributed by atoms with Gasteiger partial charge in [-0.2, -0.15) is 0 Å². The van der Waals surface area contributed by atoms with E-state index in [2.05, 4.69) is 6.07 Å². The number of para-hydroxylation sites is 1. The van der Waals surface area contributed by atoms with Crippen molar-refractivity contribution in [3.05, 3.63) is 53.8 Å². The number of benzene rings is 2. The SMILES string of the molecule is COc1[c]cccc1-c1c(F)cc(F)cc1F. The van der Waals surface area contributed by atoms with Gasteiger partial charge in [-0.15, -0.1) is 0 Å². The molecule has 0 atom stereocenters. The van der Waals surface area contributed by atoms with E-state index in [1.165, 1.54) is 13.2 Å². The highest BCUT2D eigenvalue weighted by Gasteiger charge is 2.16. The summed E-state index contributed by atoms with van der Waals surface area (Å²) in [5.74, 6) is -2.69. The zero-order valence-corrected chi connectivity index (χ0v) is 8.93. The summed E-state index contributed by atoms with van der Waals surface area (Å²) < 4.78 is 44.9. The van der Waals surface area contributed by atoms with Crippen molar-refractivity contribution in [2.24, 2.45) is 0 Å². The summed E-state index contributed by atoms with van der Waals surface area (Å²) in [5, 5.41) is 0. The fourth-order valence-corrected chi connectivity index (χ4v) is 1.59. The molecular weight excluding hydrogens is 229 g/mol. The molecule has 0 aliphatic carbocycles. The summed E-state index contributed by atoms with van der Waals surface area (Å²) in [6, 6.07) is 8.57. The number of ether oxygens (including phenoxy) is 1. The molecule has 0 spiro atoms. The highest BCUT2D eigenvalue weighted by Crippen LogP contribution is 2.33. The topological polar surface area (TPSA) is 9.23 Å². The first-order valence-corrected chi connectivity index (χ1v) is 4.83. The zero-order chi connectivity index (χ0) is 12.4. The third-order valence-electron chi connectivity index (χ3n) is 2.30. The van der Waals surface area contributed by atoms with Gasteiger partial charge in [0.2, 0.25) is 0 Å². The third-order valence-corrected chi connectivity index (χ3v) is 2.30. The van der Waals surface area contributed by atoms with E-state index in [-0.39, 0.29) is 16.9 Å². The van der Waals surface area contributed by atoms with Gasteiger partial charge < -0.3 is 4.74 Å². The van der Waals surface area contributed by atoms with Crippen LogP contribution in [0.5, 0.6) is 5.75 Å². The van der Waals surface area contributed by atoms with Gasteiger partial charge in [-0.05, 0) is 0 Å². The van der Waals surface area contributed by atoms with Gasteiger partial charge in [0.15, 0.2) is 0 Å². The molecule has 0 fully saturated rings. The molecule has 0 aliphatic heterocycles. The smallest absolute Gasteiger partial charge is 0.137 e. The average Bonchev–Trinajstić information content (AvgIpc) is 2.28. The Morgan fingerprint density at radius 1 is 1.12 bits per heavy atom. The van der Waals surface area contributed by atoms with E-state index in [9.17, 15) is 13.2 Å². The Morgan fingerprint density at radius 2 is 1.76 bits per heavy atom. The maximum atomic E-state index is 13.6. The normalized spacial score (nSPS) is 10.4. The Balaban J connectivity index is 2.68. The monoisotopic (exact) mass is 237 g/mol. The van der Waals surface area contributed by atoms with Crippen molar-refractivity contribution in [3.8, 4) is 16.9 Å². The van der Waals surface area contributed by atoms with Gasteiger partial charge in [-0.25, -0.2) is 13.2 Å². The van der Waals surface area contributed by atoms with Gasteiger partial charge in [0.1, 0.15) is 23.2 Å². The Morgan fingerprint density at radius 3 is 2.35 bits per heavy atom. The molecule has 0 bridgehead atoms. The van der Waals surface area contributed by atoms with Crippen LogP contribution in [0.4, 0.5) is 13.2 Å². The average molecular weight is 237 g/mol. The van der Waals surface area contributed by atoms with Gasteiger partial charge in [-0.3, -0.25) is 0 Å². The summed E-state index contributed by atoms with van der Waals surface area (Å²) in [4.78, 5) is 0. The van der Waals surface area contributed by atoms with Gasteiger partial charge in [0.25, 0.3) is 0 Å². The Labute approximate surface area is 96.5 Å². The standard InChI is InChI=1S/C13H8F3O/c1-17-12-5-3-2-4-9(12)13-10(15)6-8(14)7-11(13)16/h2-4,6-7H,1H3. The lowest BCUT2D eigenvalue weighted by Gasteiger charge is -2.09. The molecule has 2 aromatic rings. The summed E-state index contributed by atoms with van der Waals surface area (Å²) >= 11 is 0. The molecule has 0 unspecified atom stereocenters. The fourth-order valence-electron chi connectivity index (χ4n) is 1.59. The van der Waals surface area contributed by atoms with Crippen LogP contribution in [0, 0.1) is 23.5 Å². The van der Waals surface area contributed by atoms with Crippen molar-refractivity contribution in [1.82, 2.24) is 0 Å². The highest BCUT2D eigenvalue weighted by molar-refractivity contribution is 5.71. The number of hydrogen-bond donors (Lipinski definition) is 0. The van der Waals surface area contributed by atoms with Crippen LogP contribution in [0.2, 0.25) is 0 Å². The van der Waals surface area contributed by atoms with Gasteiger partial charge >= 0.3 is 0 Å². The first-order chi connectivity index (χ1) is 8.13. The minimum Gasteiger partial charge on any atom is -0.495 e. The molecule has 0 amide bonds. The van der Waals surface area contributed by atoms with E-state index in [1.54, 1.807) is 12.1 Å². The minimum absolute atomic E-state index is 0.199. The minimum atomic E-state index is -0.972. The van der Waals surface area contributed by atoms with Crippen molar-refractivity contribution in [2.45, 2.75) is 0 Å². The zero-order valence-electron chi connectivity index (χ0n) is 8.93. The van der Waals surface area contributed by atoms with Crippen LogP contribution in [0.25, 0.3) is 11.1 Å². The molecule has 0 aromatic heterocycles. The van der Waals surface area contributed by atoms with E-state index in [0.29, 0.717) is 12.1 Å². The second kappa shape index (κ2) is 4.49. The van der Waals surface area contributed by atoms with Crippen molar-refractivity contribution < 1.29 is 17.9 Å². The number of rotatable bonds is 2. The van der Waals surface area contributed by atoms with Crippen LogP contribution < -0.4 is 4.74 Å². The molecule has 0 saturated carbocycles. The fraction of sp³-hybridized carbons (Fsp3) is 0.0769. The van der Waals surface area contributed by atoms with Crippen molar-refractivity contribution in [3.63, 3.8) is 0 Å². The second-order valence-corrected chi connectivity index (χ2v) is 3.36. The molecule has 0 heterocycles. The molecule has 0 saturated heterocycles. The molecule has 1 nitrogen and oxygen atoms in total. The first-order valence-electron chi connectivity index (χ1n) is 4.83. The van der Waals surface area contributed by atoms with Crippen molar-refractivity contribution in [1.29, 1.82) is 0 Å². The third kappa shape index (κ3) is 2.11. The van der Waals surface area contributed by atoms with E-state index < -0.39 is 17.5 Å². The lowest BCUT2D eigenvalue weighted by molar-refractivity contribution is 0.414. The summed E-state index contributed by atoms with van der Waals surface area (Å²) in [7, 11) is 1.37. The molecule has 87 valence electrons. The van der Waals surface area contributed by atoms with Crippen LogP contribution in [0.1, 0.15) is 0 Å². The number of methoxy groups -OCH3 is 1. The highest BCUT2D eigenvalue weighted by atomic mass is 19.1. The van der Waals surface area contributed by atoms with Crippen LogP contribution in [-0.4, -0.2) is 7.11 Å². The molecule has 1 radical (unpaired) electrons. The molecule has 4 heteroatoms. The Kier molecular flexibility index (Phi) is 3.04. The maximum absolute atomic E-state index is 13.6. The van der Waals surface area contributed by atoms with Gasteiger partial charge in [0, 0.05) is 23.8 Å². The Bertz CT molecular complexity index is 529. The molecule has 17 heavy (non-hydrogen) atoms. The van der Waals surface area contributed by atoms with Crippen LogP contribution in [0.3, 0.4) is 0 Å². The summed E-state index contributed by atoms with van der Waals surface area (Å²) in [6.45, 7) is 0. The van der Waals surface area contributed by atoms with E-state index in [0.717, 1.165) is 0 Å². The molecule has 2 rings (SSSR count). The number of halogens is 3. The second-order valence-electron chi connectivity index (χ2n) is 3.36. The predicted molar refractivity (Wildman–Crippen MR) is 57.1 cm³/mol. The number of hydrogen-bond acceptors (Lipinski definition) is 1.